The van der Waals surface area contributed by atoms with Crippen molar-refractivity contribution in [2.45, 2.75) is 13.3 Å². The molecular formula is C13H17NO2S. The molecule has 0 atom stereocenters. The molecule has 0 aliphatic carbocycles. The molecule has 1 saturated heterocycles. The van der Waals surface area contributed by atoms with Crippen LogP contribution in [0.3, 0.4) is 0 Å². The van der Waals surface area contributed by atoms with E-state index in [0.717, 1.165) is 36.6 Å². The normalized spacial score (nSPS) is 16.6. The molecule has 0 spiro atoms. The first-order valence-electron chi connectivity index (χ1n) is 5.85. The molecule has 92 valence electrons. The highest BCUT2D eigenvalue weighted by Gasteiger charge is 2.17. The molecule has 1 heterocycles. The number of rotatable bonds is 1. The van der Waals surface area contributed by atoms with Gasteiger partial charge in [-0.05, 0) is 42.9 Å². The largest absolute Gasteiger partial charge is 0.508 e. The molecule has 1 N–H and O–H groups in total. The summed E-state index contributed by atoms with van der Waals surface area (Å²) in [5.41, 5.74) is 1.42. The Bertz CT molecular complexity index is 412. The molecule has 17 heavy (non-hydrogen) atoms. The van der Waals surface area contributed by atoms with E-state index in [1.165, 1.54) is 0 Å². The van der Waals surface area contributed by atoms with Crippen LogP contribution in [0.25, 0.3) is 0 Å². The third-order valence-corrected chi connectivity index (χ3v) is 4.00. The van der Waals surface area contributed by atoms with Crippen LogP contribution in [0.2, 0.25) is 0 Å². The second-order valence-corrected chi connectivity index (χ2v) is 5.48. The fourth-order valence-electron chi connectivity index (χ4n) is 1.92. The maximum absolute atomic E-state index is 12.3. The van der Waals surface area contributed by atoms with Crippen molar-refractivity contribution in [3.8, 4) is 5.75 Å². The van der Waals surface area contributed by atoms with Gasteiger partial charge in [0.2, 0.25) is 0 Å². The lowest BCUT2D eigenvalue weighted by molar-refractivity contribution is 0.0768. The van der Waals surface area contributed by atoms with Crippen LogP contribution >= 0.6 is 11.8 Å². The van der Waals surface area contributed by atoms with Crippen LogP contribution in [0.5, 0.6) is 5.75 Å². The summed E-state index contributed by atoms with van der Waals surface area (Å²) in [6.07, 6.45) is 1.06. The zero-order valence-corrected chi connectivity index (χ0v) is 10.8. The number of amides is 1. The maximum Gasteiger partial charge on any atom is 0.253 e. The van der Waals surface area contributed by atoms with Gasteiger partial charge < -0.3 is 10.0 Å². The predicted octanol–water partition coefficient (Wildman–Crippen LogP) is 2.28. The first-order valence-corrected chi connectivity index (χ1v) is 7.00. The second-order valence-electron chi connectivity index (χ2n) is 4.26. The molecule has 0 radical (unpaired) electrons. The third-order valence-electron chi connectivity index (χ3n) is 2.95. The lowest BCUT2D eigenvalue weighted by Crippen LogP contribution is -2.32. The summed E-state index contributed by atoms with van der Waals surface area (Å²) in [4.78, 5) is 14.2. The Hall–Kier alpha value is -1.16. The molecule has 1 aliphatic rings. The number of aromatic hydroxyl groups is 1. The molecule has 1 aromatic rings. The first-order chi connectivity index (χ1) is 8.18. The monoisotopic (exact) mass is 251 g/mol. The number of phenols is 1. The summed E-state index contributed by atoms with van der Waals surface area (Å²) in [7, 11) is 0. The Balaban J connectivity index is 2.14. The number of phenolic OH excluding ortho intramolecular Hbond substituents is 1. The standard InChI is InChI=1S/C13H17NO2S/c1-10-9-11(3-4-12(10)15)13(16)14-5-2-7-17-8-6-14/h3-4,9,15H,2,5-8H2,1H3. The first kappa shape index (κ1) is 12.3. The smallest absolute Gasteiger partial charge is 0.253 e. The van der Waals surface area contributed by atoms with Crippen molar-refractivity contribution in [3.05, 3.63) is 29.3 Å². The highest BCUT2D eigenvalue weighted by molar-refractivity contribution is 7.99. The van der Waals surface area contributed by atoms with Gasteiger partial charge in [-0.2, -0.15) is 11.8 Å². The number of benzene rings is 1. The quantitative estimate of drug-likeness (QED) is 0.832. The highest BCUT2D eigenvalue weighted by atomic mass is 32.2. The van der Waals surface area contributed by atoms with Crippen LogP contribution in [0.4, 0.5) is 0 Å². The summed E-state index contributed by atoms with van der Waals surface area (Å²) in [5.74, 6) is 2.48. The van der Waals surface area contributed by atoms with Crippen LogP contribution in [-0.4, -0.2) is 40.5 Å². The van der Waals surface area contributed by atoms with Gasteiger partial charge in [-0.25, -0.2) is 0 Å². The molecule has 3 nitrogen and oxygen atoms in total. The van der Waals surface area contributed by atoms with Gasteiger partial charge in [-0.1, -0.05) is 0 Å². The lowest BCUT2D eigenvalue weighted by Gasteiger charge is -2.20. The van der Waals surface area contributed by atoms with E-state index in [1.54, 1.807) is 18.2 Å². The van der Waals surface area contributed by atoms with E-state index in [1.807, 2.05) is 23.6 Å². The summed E-state index contributed by atoms with van der Waals surface area (Å²) in [5, 5.41) is 9.45. The van der Waals surface area contributed by atoms with Gasteiger partial charge in [0.1, 0.15) is 5.75 Å². The molecule has 1 aromatic carbocycles. The number of aryl methyl sites for hydroxylation is 1. The Kier molecular flexibility index (Phi) is 3.94. The maximum atomic E-state index is 12.3. The van der Waals surface area contributed by atoms with Crippen molar-refractivity contribution in [2.75, 3.05) is 24.6 Å². The van der Waals surface area contributed by atoms with Crippen molar-refractivity contribution >= 4 is 17.7 Å². The van der Waals surface area contributed by atoms with Crippen molar-refractivity contribution in [3.63, 3.8) is 0 Å². The average Bonchev–Trinajstić information content (AvgIpc) is 2.60. The Labute approximate surface area is 106 Å². The van der Waals surface area contributed by atoms with Gasteiger partial charge in [-0.15, -0.1) is 0 Å². The summed E-state index contributed by atoms with van der Waals surface area (Å²) in [6.45, 7) is 3.47. The number of nitrogens with zero attached hydrogens (tertiary/aromatic N) is 1. The second kappa shape index (κ2) is 5.45. The number of carbonyl (C=O) groups excluding carboxylic acids is 1. The van der Waals surface area contributed by atoms with Crippen LogP contribution in [-0.2, 0) is 0 Å². The minimum Gasteiger partial charge on any atom is -0.508 e. The van der Waals surface area contributed by atoms with E-state index in [4.69, 9.17) is 0 Å². The molecular weight excluding hydrogens is 234 g/mol. The number of hydrogen-bond acceptors (Lipinski definition) is 3. The van der Waals surface area contributed by atoms with Crippen molar-refractivity contribution < 1.29 is 9.90 Å². The summed E-state index contributed by atoms with van der Waals surface area (Å²) < 4.78 is 0. The Morgan fingerprint density at radius 3 is 2.94 bits per heavy atom. The number of carbonyl (C=O) groups is 1. The zero-order valence-electron chi connectivity index (χ0n) is 9.98. The van der Waals surface area contributed by atoms with E-state index in [0.29, 0.717) is 5.56 Å². The third kappa shape index (κ3) is 2.94. The Morgan fingerprint density at radius 2 is 2.18 bits per heavy atom. The fraction of sp³-hybridized carbons (Fsp3) is 0.462. The Morgan fingerprint density at radius 1 is 1.35 bits per heavy atom. The van der Waals surface area contributed by atoms with Crippen molar-refractivity contribution in [1.82, 2.24) is 4.90 Å². The zero-order chi connectivity index (χ0) is 12.3. The molecule has 1 aliphatic heterocycles. The molecule has 0 unspecified atom stereocenters. The summed E-state index contributed by atoms with van der Waals surface area (Å²) >= 11 is 1.90. The van der Waals surface area contributed by atoms with Gasteiger partial charge >= 0.3 is 0 Å². The van der Waals surface area contributed by atoms with E-state index < -0.39 is 0 Å². The number of hydrogen-bond donors (Lipinski definition) is 1. The molecule has 0 bridgehead atoms. The molecule has 0 saturated carbocycles. The highest BCUT2D eigenvalue weighted by Crippen LogP contribution is 2.19. The van der Waals surface area contributed by atoms with Crippen LogP contribution in [0.15, 0.2) is 18.2 Å². The molecule has 4 heteroatoms. The molecule has 2 rings (SSSR count). The van der Waals surface area contributed by atoms with Gasteiger partial charge in [-0.3, -0.25) is 4.79 Å². The summed E-state index contributed by atoms with van der Waals surface area (Å²) in [6, 6.07) is 5.05. The van der Waals surface area contributed by atoms with Crippen LogP contribution in [0, 0.1) is 6.92 Å². The van der Waals surface area contributed by atoms with Gasteiger partial charge in [0.15, 0.2) is 0 Å². The van der Waals surface area contributed by atoms with Crippen LogP contribution < -0.4 is 0 Å². The van der Waals surface area contributed by atoms with Gasteiger partial charge in [0.25, 0.3) is 5.91 Å². The molecule has 1 amide bonds. The number of thioether (sulfide) groups is 1. The average molecular weight is 251 g/mol. The van der Waals surface area contributed by atoms with Crippen molar-refractivity contribution in [1.29, 1.82) is 0 Å². The predicted molar refractivity (Wildman–Crippen MR) is 70.7 cm³/mol. The van der Waals surface area contributed by atoms with Crippen molar-refractivity contribution in [2.24, 2.45) is 0 Å². The minimum atomic E-state index is 0.0793. The fourth-order valence-corrected chi connectivity index (χ4v) is 2.81. The van der Waals surface area contributed by atoms with E-state index in [9.17, 15) is 9.90 Å². The van der Waals surface area contributed by atoms with Gasteiger partial charge in [0, 0.05) is 24.4 Å². The topological polar surface area (TPSA) is 40.5 Å². The molecule has 0 aromatic heterocycles. The van der Waals surface area contributed by atoms with Gasteiger partial charge in [0.05, 0.1) is 0 Å². The molecule has 1 fully saturated rings. The van der Waals surface area contributed by atoms with E-state index >= 15 is 0 Å². The SMILES string of the molecule is Cc1cc(C(=O)N2CCCSCC2)ccc1O. The minimum absolute atomic E-state index is 0.0793. The lowest BCUT2D eigenvalue weighted by atomic mass is 10.1. The van der Waals surface area contributed by atoms with E-state index in [-0.39, 0.29) is 11.7 Å². The van der Waals surface area contributed by atoms with E-state index in [2.05, 4.69) is 0 Å². The van der Waals surface area contributed by atoms with Crippen LogP contribution in [0.1, 0.15) is 22.3 Å².